The lowest BCUT2D eigenvalue weighted by Gasteiger charge is -2.28. The Morgan fingerprint density at radius 2 is 1.71 bits per heavy atom. The first-order valence-corrected chi connectivity index (χ1v) is 11.7. The van der Waals surface area contributed by atoms with Crippen molar-refractivity contribution in [2.45, 2.75) is 50.7 Å². The summed E-state index contributed by atoms with van der Waals surface area (Å²) in [5.41, 5.74) is -0.692. The van der Waals surface area contributed by atoms with Crippen LogP contribution in [0.2, 0.25) is 0 Å². The molecule has 0 radical (unpaired) electrons. The van der Waals surface area contributed by atoms with E-state index in [1.165, 1.54) is 6.07 Å². The van der Waals surface area contributed by atoms with Gasteiger partial charge < -0.3 is 19.9 Å². The van der Waals surface area contributed by atoms with Crippen molar-refractivity contribution < 1.29 is 17.9 Å². The molecule has 1 saturated carbocycles. The Hall–Kier alpha value is -1.61. The van der Waals surface area contributed by atoms with Gasteiger partial charge in [-0.15, -0.1) is 10.2 Å². The Balaban J connectivity index is 1.20. The number of ether oxygens (including phenoxy) is 1. The van der Waals surface area contributed by atoms with Gasteiger partial charge in [-0.3, -0.25) is 0 Å². The number of likely N-dealkylation sites (tertiary alicyclic amines) is 1. The number of halogens is 3. The fraction of sp³-hybridized carbons (Fsp3) is 0.818. The highest BCUT2D eigenvalue weighted by molar-refractivity contribution is 5.53. The van der Waals surface area contributed by atoms with E-state index in [1.807, 2.05) is 4.90 Å². The summed E-state index contributed by atoms with van der Waals surface area (Å²) < 4.78 is 46.7. The third kappa shape index (κ3) is 4.77. The van der Waals surface area contributed by atoms with Crippen LogP contribution in [0.5, 0.6) is 0 Å². The van der Waals surface area contributed by atoms with E-state index in [9.17, 15) is 13.2 Å². The van der Waals surface area contributed by atoms with E-state index in [0.29, 0.717) is 17.7 Å². The first-order chi connectivity index (χ1) is 15.0. The maximum absolute atomic E-state index is 13.8. The van der Waals surface area contributed by atoms with Crippen molar-refractivity contribution in [2.24, 2.45) is 17.8 Å². The van der Waals surface area contributed by atoms with Crippen LogP contribution in [0.3, 0.4) is 0 Å². The van der Waals surface area contributed by atoms with Gasteiger partial charge in [0.15, 0.2) is 11.6 Å². The number of rotatable bonds is 5. The smallest absolute Gasteiger partial charge is 0.381 e. The molecule has 0 bridgehead atoms. The van der Waals surface area contributed by atoms with Crippen LogP contribution >= 0.6 is 0 Å². The zero-order valence-corrected chi connectivity index (χ0v) is 17.9. The van der Waals surface area contributed by atoms with Crippen molar-refractivity contribution in [3.8, 4) is 0 Å². The summed E-state index contributed by atoms with van der Waals surface area (Å²) in [7, 11) is 0. The summed E-state index contributed by atoms with van der Waals surface area (Å²) in [5, 5.41) is 11.2. The van der Waals surface area contributed by atoms with Crippen LogP contribution in [0.1, 0.15) is 44.1 Å². The topological polar surface area (TPSA) is 53.5 Å². The van der Waals surface area contributed by atoms with Crippen molar-refractivity contribution in [1.29, 1.82) is 0 Å². The molecule has 0 aromatic carbocycles. The lowest BCUT2D eigenvalue weighted by Crippen LogP contribution is -2.32. The van der Waals surface area contributed by atoms with E-state index < -0.39 is 11.7 Å². The molecule has 0 spiro atoms. The number of nitrogens with one attached hydrogen (secondary N) is 1. The molecule has 1 aliphatic carbocycles. The molecule has 5 rings (SSSR count). The molecule has 4 heterocycles. The normalized spacial score (nSPS) is 30.2. The maximum Gasteiger partial charge on any atom is 0.420 e. The van der Waals surface area contributed by atoms with Gasteiger partial charge in [0.25, 0.3) is 0 Å². The van der Waals surface area contributed by atoms with E-state index in [1.54, 1.807) is 0 Å². The summed E-state index contributed by atoms with van der Waals surface area (Å²) >= 11 is 0. The fourth-order valence-corrected chi connectivity index (χ4v) is 5.96. The average molecular weight is 440 g/mol. The van der Waals surface area contributed by atoms with Crippen molar-refractivity contribution in [3.05, 3.63) is 11.6 Å². The molecule has 6 nitrogen and oxygen atoms in total. The number of aromatic nitrogens is 2. The Morgan fingerprint density at radius 1 is 1.03 bits per heavy atom. The molecule has 4 fully saturated rings. The van der Waals surface area contributed by atoms with Crippen molar-refractivity contribution in [2.75, 3.05) is 56.2 Å². The molecule has 1 aromatic rings. The summed E-state index contributed by atoms with van der Waals surface area (Å²) in [5.74, 6) is 2.06. The molecular weight excluding hydrogens is 407 g/mol. The van der Waals surface area contributed by atoms with Crippen molar-refractivity contribution in [3.63, 3.8) is 0 Å². The molecule has 3 aliphatic heterocycles. The highest BCUT2D eigenvalue weighted by Crippen LogP contribution is 2.41. The van der Waals surface area contributed by atoms with Crippen LogP contribution in [-0.4, -0.2) is 67.1 Å². The molecule has 31 heavy (non-hydrogen) atoms. The Morgan fingerprint density at radius 3 is 2.35 bits per heavy atom. The second kappa shape index (κ2) is 8.73. The van der Waals surface area contributed by atoms with Gasteiger partial charge in [-0.25, -0.2) is 0 Å². The monoisotopic (exact) mass is 439 g/mol. The molecule has 2 atom stereocenters. The lowest BCUT2D eigenvalue weighted by molar-refractivity contribution is -0.137. The van der Waals surface area contributed by atoms with Gasteiger partial charge >= 0.3 is 6.18 Å². The number of fused-ring (bicyclic) bond motifs is 1. The minimum atomic E-state index is -4.44. The van der Waals surface area contributed by atoms with Crippen molar-refractivity contribution in [1.82, 2.24) is 15.1 Å². The van der Waals surface area contributed by atoms with Gasteiger partial charge in [-0.2, -0.15) is 13.2 Å². The van der Waals surface area contributed by atoms with Gasteiger partial charge in [-0.05, 0) is 62.3 Å². The Bertz CT molecular complexity index is 750. The number of anilines is 2. The lowest BCUT2D eigenvalue weighted by atomic mass is 10.00. The molecule has 172 valence electrons. The minimum absolute atomic E-state index is 0.0354. The summed E-state index contributed by atoms with van der Waals surface area (Å²) in [6.45, 7) is 6.49. The van der Waals surface area contributed by atoms with Crippen LogP contribution in [-0.2, 0) is 10.9 Å². The average Bonchev–Trinajstić information content (AvgIpc) is 3.45. The summed E-state index contributed by atoms with van der Waals surface area (Å²) in [6.07, 6.45) is 1.62. The van der Waals surface area contributed by atoms with E-state index >= 15 is 0 Å². The molecule has 3 saturated heterocycles. The second-order valence-electron chi connectivity index (χ2n) is 9.76. The molecule has 1 N–H and O–H groups in total. The third-order valence-corrected chi connectivity index (χ3v) is 7.54. The zero-order valence-electron chi connectivity index (χ0n) is 17.9. The van der Waals surface area contributed by atoms with Gasteiger partial charge in [-0.1, -0.05) is 0 Å². The van der Waals surface area contributed by atoms with E-state index in [-0.39, 0.29) is 11.9 Å². The van der Waals surface area contributed by atoms with Gasteiger partial charge in [0.2, 0.25) is 0 Å². The summed E-state index contributed by atoms with van der Waals surface area (Å²) in [4.78, 5) is 4.45. The molecule has 2 unspecified atom stereocenters. The SMILES string of the molecule is FC(F)(F)c1cc(N2CCCC2)nnc1NC1CC2CN(CC3CCOCC3)CC2C1. The predicted molar refractivity (Wildman–Crippen MR) is 112 cm³/mol. The first kappa shape index (κ1) is 21.2. The number of nitrogens with zero attached hydrogens (tertiary/aromatic N) is 4. The molecule has 4 aliphatic rings. The predicted octanol–water partition coefficient (Wildman–Crippen LogP) is 3.64. The third-order valence-electron chi connectivity index (χ3n) is 7.54. The van der Waals surface area contributed by atoms with E-state index in [2.05, 4.69) is 20.4 Å². The second-order valence-corrected chi connectivity index (χ2v) is 9.76. The minimum Gasteiger partial charge on any atom is -0.381 e. The molecular formula is C22H32F3N5O. The first-order valence-electron chi connectivity index (χ1n) is 11.7. The standard InChI is InChI=1S/C22H32F3N5O/c23-22(24,25)19-11-20(30-5-1-2-6-30)27-28-21(19)26-18-9-16-13-29(14-17(16)10-18)12-15-3-7-31-8-4-15/h11,15-18H,1-10,12-14H2,(H,26,28). The van der Waals surface area contributed by atoms with Gasteiger partial charge in [0.1, 0.15) is 5.56 Å². The van der Waals surface area contributed by atoms with Crippen LogP contribution < -0.4 is 10.2 Å². The Kier molecular flexibility index (Phi) is 5.98. The fourth-order valence-electron chi connectivity index (χ4n) is 5.96. The molecule has 0 amide bonds. The van der Waals surface area contributed by atoms with Crippen LogP contribution in [0.15, 0.2) is 6.07 Å². The van der Waals surface area contributed by atoms with E-state index in [0.717, 1.165) is 90.4 Å². The van der Waals surface area contributed by atoms with Crippen LogP contribution in [0.25, 0.3) is 0 Å². The summed E-state index contributed by atoms with van der Waals surface area (Å²) in [6, 6.07) is 1.21. The number of alkyl halides is 3. The van der Waals surface area contributed by atoms with Gasteiger partial charge in [0, 0.05) is 52.0 Å². The van der Waals surface area contributed by atoms with Crippen LogP contribution in [0, 0.1) is 17.8 Å². The Labute approximate surface area is 181 Å². The highest BCUT2D eigenvalue weighted by atomic mass is 19.4. The van der Waals surface area contributed by atoms with E-state index in [4.69, 9.17) is 4.74 Å². The quantitative estimate of drug-likeness (QED) is 0.756. The number of hydrogen-bond donors (Lipinski definition) is 1. The van der Waals surface area contributed by atoms with Gasteiger partial charge in [0.05, 0.1) is 0 Å². The molecule has 9 heteroatoms. The largest absolute Gasteiger partial charge is 0.420 e. The van der Waals surface area contributed by atoms with Crippen molar-refractivity contribution >= 4 is 11.6 Å². The van der Waals surface area contributed by atoms with Crippen LogP contribution in [0.4, 0.5) is 24.8 Å². The highest BCUT2D eigenvalue weighted by Gasteiger charge is 2.43. The maximum atomic E-state index is 13.8. The zero-order chi connectivity index (χ0) is 21.4. The number of hydrogen-bond acceptors (Lipinski definition) is 6. The molecule has 1 aromatic heterocycles.